The van der Waals surface area contributed by atoms with Gasteiger partial charge in [-0.05, 0) is 43.3 Å². The summed E-state index contributed by atoms with van der Waals surface area (Å²) < 4.78 is 11.9. The molecule has 0 aromatic heterocycles. The summed E-state index contributed by atoms with van der Waals surface area (Å²) in [5.41, 5.74) is 7.32. The Morgan fingerprint density at radius 2 is 2.05 bits per heavy atom. The quantitative estimate of drug-likeness (QED) is 0.906. The molecule has 0 unspecified atom stereocenters. The van der Waals surface area contributed by atoms with Gasteiger partial charge >= 0.3 is 0 Å². The lowest BCUT2D eigenvalue weighted by Crippen LogP contribution is -2.24. The third kappa shape index (κ3) is 2.63. The van der Waals surface area contributed by atoms with E-state index in [0.29, 0.717) is 12.6 Å². The molecular weight excluding hydrogens is 270 g/mol. The number of methoxy groups -OCH3 is 1. The first-order valence-corrected chi connectivity index (χ1v) is 8.56. The van der Waals surface area contributed by atoms with Crippen LogP contribution in [0.2, 0.25) is 0 Å². The topological polar surface area (TPSA) is 44.5 Å². The van der Waals surface area contributed by atoms with Gasteiger partial charge in [0.05, 0.1) is 7.11 Å². The van der Waals surface area contributed by atoms with E-state index in [1.165, 1.54) is 17.1 Å². The average molecular weight is 293 g/mol. The highest BCUT2D eigenvalue weighted by Crippen LogP contribution is 2.52. The van der Waals surface area contributed by atoms with E-state index in [1.807, 2.05) is 17.8 Å². The zero-order chi connectivity index (χ0) is 14.0. The van der Waals surface area contributed by atoms with E-state index in [0.717, 1.165) is 37.2 Å². The molecule has 1 aromatic rings. The van der Waals surface area contributed by atoms with E-state index in [1.54, 1.807) is 7.11 Å². The second-order valence-corrected chi connectivity index (χ2v) is 6.98. The van der Waals surface area contributed by atoms with Gasteiger partial charge in [0.25, 0.3) is 0 Å². The summed E-state index contributed by atoms with van der Waals surface area (Å²) in [4.78, 5) is 0. The van der Waals surface area contributed by atoms with Gasteiger partial charge in [-0.1, -0.05) is 12.1 Å². The molecule has 1 saturated heterocycles. The van der Waals surface area contributed by atoms with Crippen LogP contribution in [0.3, 0.4) is 0 Å². The van der Waals surface area contributed by atoms with Crippen LogP contribution < -0.4 is 15.2 Å². The van der Waals surface area contributed by atoms with Crippen molar-refractivity contribution < 1.29 is 9.47 Å². The van der Waals surface area contributed by atoms with Gasteiger partial charge < -0.3 is 15.2 Å². The molecule has 3 nitrogen and oxygen atoms in total. The predicted molar refractivity (Wildman–Crippen MR) is 83.9 cm³/mol. The molecule has 1 aliphatic carbocycles. The maximum absolute atomic E-state index is 6.21. The number of rotatable bonds is 5. The van der Waals surface area contributed by atoms with Crippen molar-refractivity contribution in [3.63, 3.8) is 0 Å². The molecule has 1 heterocycles. The number of thioether (sulfide) groups is 1. The Morgan fingerprint density at radius 1 is 1.30 bits per heavy atom. The normalized spacial score (nSPS) is 21.5. The monoisotopic (exact) mass is 293 g/mol. The molecule has 1 aliphatic heterocycles. The standard InChI is InChI=1S/C16H23NO2S/c1-18-15-13(16(11-17)7-8-16)3-2-4-14(15)19-12-5-9-20-10-6-12/h2-4,12H,5-11,17H2,1H3. The van der Waals surface area contributed by atoms with Crippen LogP contribution in [0.5, 0.6) is 11.5 Å². The van der Waals surface area contributed by atoms with Crippen LogP contribution in [0.1, 0.15) is 31.2 Å². The first kappa shape index (κ1) is 14.1. The van der Waals surface area contributed by atoms with Crippen molar-refractivity contribution in [3.8, 4) is 11.5 Å². The summed E-state index contributed by atoms with van der Waals surface area (Å²) >= 11 is 2.01. The highest BCUT2D eigenvalue weighted by Gasteiger charge is 2.45. The highest BCUT2D eigenvalue weighted by molar-refractivity contribution is 7.99. The van der Waals surface area contributed by atoms with E-state index in [2.05, 4.69) is 12.1 Å². The Kier molecular flexibility index (Phi) is 4.13. The summed E-state index contributed by atoms with van der Waals surface area (Å²) in [6, 6.07) is 6.24. The molecule has 110 valence electrons. The fourth-order valence-electron chi connectivity index (χ4n) is 2.94. The van der Waals surface area contributed by atoms with Gasteiger partial charge in [-0.3, -0.25) is 0 Å². The smallest absolute Gasteiger partial charge is 0.164 e. The minimum absolute atomic E-state index is 0.132. The fourth-order valence-corrected chi connectivity index (χ4v) is 4.01. The predicted octanol–water partition coefficient (Wildman–Crippen LogP) is 2.96. The number of para-hydroxylation sites is 1. The van der Waals surface area contributed by atoms with Crippen molar-refractivity contribution in [2.45, 2.75) is 37.2 Å². The summed E-state index contributed by atoms with van der Waals surface area (Å²) in [5, 5.41) is 0. The summed E-state index contributed by atoms with van der Waals surface area (Å²) in [5.74, 6) is 4.18. The molecule has 2 fully saturated rings. The SMILES string of the molecule is COc1c(OC2CCSCC2)cccc1C1(CN)CC1. The van der Waals surface area contributed by atoms with E-state index < -0.39 is 0 Å². The van der Waals surface area contributed by atoms with Crippen LogP contribution in [0.25, 0.3) is 0 Å². The van der Waals surface area contributed by atoms with Crippen molar-refractivity contribution in [2.24, 2.45) is 5.73 Å². The van der Waals surface area contributed by atoms with Crippen LogP contribution in [0, 0.1) is 0 Å². The van der Waals surface area contributed by atoms with Gasteiger partial charge in [-0.2, -0.15) is 11.8 Å². The second kappa shape index (κ2) is 5.86. The molecule has 2 aliphatic rings. The molecule has 0 atom stereocenters. The van der Waals surface area contributed by atoms with Crippen molar-refractivity contribution in [2.75, 3.05) is 25.2 Å². The number of hydrogen-bond acceptors (Lipinski definition) is 4. The molecule has 0 bridgehead atoms. The molecule has 4 heteroatoms. The average Bonchev–Trinajstić information content (AvgIpc) is 3.29. The highest BCUT2D eigenvalue weighted by atomic mass is 32.2. The lowest BCUT2D eigenvalue weighted by molar-refractivity contribution is 0.184. The molecule has 3 rings (SSSR count). The van der Waals surface area contributed by atoms with Gasteiger partial charge in [0.1, 0.15) is 6.10 Å². The van der Waals surface area contributed by atoms with Crippen molar-refractivity contribution >= 4 is 11.8 Å². The Bertz CT molecular complexity index is 468. The number of benzene rings is 1. The number of nitrogens with two attached hydrogens (primary N) is 1. The van der Waals surface area contributed by atoms with Crippen LogP contribution >= 0.6 is 11.8 Å². The van der Waals surface area contributed by atoms with Gasteiger partial charge in [0.2, 0.25) is 0 Å². The number of ether oxygens (including phenoxy) is 2. The van der Waals surface area contributed by atoms with Crippen LogP contribution in [0.15, 0.2) is 18.2 Å². The van der Waals surface area contributed by atoms with E-state index >= 15 is 0 Å². The Hall–Kier alpha value is -0.870. The van der Waals surface area contributed by atoms with E-state index in [4.69, 9.17) is 15.2 Å². The minimum atomic E-state index is 0.132. The molecule has 1 saturated carbocycles. The summed E-state index contributed by atoms with van der Waals surface area (Å²) in [7, 11) is 1.73. The van der Waals surface area contributed by atoms with Crippen molar-refractivity contribution in [3.05, 3.63) is 23.8 Å². The molecular formula is C16H23NO2S. The van der Waals surface area contributed by atoms with E-state index in [9.17, 15) is 0 Å². The Balaban J connectivity index is 1.85. The van der Waals surface area contributed by atoms with Crippen LogP contribution in [-0.4, -0.2) is 31.3 Å². The lowest BCUT2D eigenvalue weighted by Gasteiger charge is -2.25. The minimum Gasteiger partial charge on any atom is -0.493 e. The third-order valence-corrected chi connectivity index (χ3v) is 5.51. The molecule has 0 spiro atoms. The lowest BCUT2D eigenvalue weighted by atomic mass is 9.95. The molecule has 0 radical (unpaired) electrons. The molecule has 1 aromatic carbocycles. The molecule has 20 heavy (non-hydrogen) atoms. The zero-order valence-electron chi connectivity index (χ0n) is 12.1. The Morgan fingerprint density at radius 3 is 2.65 bits per heavy atom. The van der Waals surface area contributed by atoms with Crippen LogP contribution in [-0.2, 0) is 5.41 Å². The molecule has 2 N–H and O–H groups in total. The summed E-state index contributed by atoms with van der Waals surface area (Å²) in [6.45, 7) is 0.687. The first-order valence-electron chi connectivity index (χ1n) is 7.41. The Labute approximate surface area is 125 Å². The largest absolute Gasteiger partial charge is 0.493 e. The van der Waals surface area contributed by atoms with Gasteiger partial charge in [-0.25, -0.2) is 0 Å². The van der Waals surface area contributed by atoms with Gasteiger partial charge in [0, 0.05) is 17.5 Å². The number of hydrogen-bond donors (Lipinski definition) is 1. The van der Waals surface area contributed by atoms with Crippen molar-refractivity contribution in [1.29, 1.82) is 0 Å². The van der Waals surface area contributed by atoms with Crippen molar-refractivity contribution in [1.82, 2.24) is 0 Å². The maximum Gasteiger partial charge on any atom is 0.164 e. The zero-order valence-corrected chi connectivity index (χ0v) is 12.9. The third-order valence-electron chi connectivity index (χ3n) is 4.46. The maximum atomic E-state index is 6.21. The summed E-state index contributed by atoms with van der Waals surface area (Å²) in [6.07, 6.45) is 4.89. The van der Waals surface area contributed by atoms with Gasteiger partial charge in [-0.15, -0.1) is 0 Å². The van der Waals surface area contributed by atoms with Crippen LogP contribution in [0.4, 0.5) is 0 Å². The fraction of sp³-hybridized carbons (Fsp3) is 0.625. The first-order chi connectivity index (χ1) is 9.79. The van der Waals surface area contributed by atoms with E-state index in [-0.39, 0.29) is 5.41 Å². The second-order valence-electron chi connectivity index (χ2n) is 5.75. The van der Waals surface area contributed by atoms with Gasteiger partial charge in [0.15, 0.2) is 11.5 Å². The molecule has 0 amide bonds.